The third-order valence-corrected chi connectivity index (χ3v) is 3.08. The molecule has 2 rings (SSSR count). The number of halogens is 2. The number of carbonyl (C=O) groups excluding carboxylic acids is 1. The van der Waals surface area contributed by atoms with Crippen LogP contribution in [0.3, 0.4) is 0 Å². The Labute approximate surface area is 121 Å². The molecule has 0 aliphatic rings. The molecular formula is C14H13ClFN3O. The van der Waals surface area contributed by atoms with Gasteiger partial charge in [0.05, 0.1) is 18.7 Å². The Hall–Kier alpha value is -2.01. The highest BCUT2D eigenvalue weighted by molar-refractivity contribution is 6.31. The normalized spacial score (nSPS) is 10.3. The van der Waals surface area contributed by atoms with Gasteiger partial charge in [0.15, 0.2) is 0 Å². The number of hydrogen-bond donors (Lipinski definition) is 1. The van der Waals surface area contributed by atoms with E-state index in [1.165, 1.54) is 18.5 Å². The Morgan fingerprint density at radius 2 is 2.20 bits per heavy atom. The number of rotatable bonds is 4. The van der Waals surface area contributed by atoms with Crippen LogP contribution >= 0.6 is 11.6 Å². The van der Waals surface area contributed by atoms with Gasteiger partial charge in [0.1, 0.15) is 12.1 Å². The first-order valence-electron chi connectivity index (χ1n) is 6.03. The van der Waals surface area contributed by atoms with Crippen molar-refractivity contribution < 1.29 is 9.18 Å². The van der Waals surface area contributed by atoms with Gasteiger partial charge in [0.2, 0.25) is 5.91 Å². The van der Waals surface area contributed by atoms with Crippen molar-refractivity contribution in [3.8, 4) is 0 Å². The van der Waals surface area contributed by atoms with Crippen LogP contribution in [0.15, 0.2) is 30.6 Å². The summed E-state index contributed by atoms with van der Waals surface area (Å²) in [6.07, 6.45) is 1.33. The molecule has 0 bridgehead atoms. The lowest BCUT2D eigenvalue weighted by molar-refractivity contribution is -0.120. The van der Waals surface area contributed by atoms with Crippen LogP contribution in [0.1, 0.15) is 17.0 Å². The summed E-state index contributed by atoms with van der Waals surface area (Å²) in [7, 11) is 0. The van der Waals surface area contributed by atoms with E-state index in [0.29, 0.717) is 5.69 Å². The number of aryl methyl sites for hydroxylation is 1. The third-order valence-electron chi connectivity index (χ3n) is 2.73. The van der Waals surface area contributed by atoms with E-state index in [1.54, 1.807) is 12.1 Å². The van der Waals surface area contributed by atoms with Gasteiger partial charge in [0, 0.05) is 16.3 Å². The van der Waals surface area contributed by atoms with Crippen LogP contribution in [-0.4, -0.2) is 15.9 Å². The standard InChI is InChI=1S/C14H13ClFN3O/c1-9-5-10(19-8-18-9)7-17-14(20)6-11-12(15)3-2-4-13(11)16/h2-5,8H,6-7H2,1H3,(H,17,20). The Kier molecular flexibility index (Phi) is 4.63. The molecule has 1 heterocycles. The van der Waals surface area contributed by atoms with Gasteiger partial charge >= 0.3 is 0 Å². The van der Waals surface area contributed by atoms with Gasteiger partial charge < -0.3 is 5.32 Å². The number of amides is 1. The van der Waals surface area contributed by atoms with E-state index >= 15 is 0 Å². The monoisotopic (exact) mass is 293 g/mol. The summed E-state index contributed by atoms with van der Waals surface area (Å²) in [5.74, 6) is -0.793. The first kappa shape index (κ1) is 14.4. The van der Waals surface area contributed by atoms with Crippen LogP contribution < -0.4 is 5.32 Å². The number of benzene rings is 1. The van der Waals surface area contributed by atoms with E-state index in [4.69, 9.17) is 11.6 Å². The first-order valence-corrected chi connectivity index (χ1v) is 6.41. The average molecular weight is 294 g/mol. The average Bonchev–Trinajstić information content (AvgIpc) is 2.41. The lowest BCUT2D eigenvalue weighted by atomic mass is 10.1. The molecule has 1 amide bonds. The van der Waals surface area contributed by atoms with Gasteiger partial charge in [-0.3, -0.25) is 4.79 Å². The minimum absolute atomic E-state index is 0.102. The molecule has 0 aliphatic heterocycles. The molecule has 6 heteroatoms. The smallest absolute Gasteiger partial charge is 0.224 e. The van der Waals surface area contributed by atoms with Crippen LogP contribution in [0.4, 0.5) is 4.39 Å². The van der Waals surface area contributed by atoms with Crippen molar-refractivity contribution in [1.82, 2.24) is 15.3 Å². The fraction of sp³-hybridized carbons (Fsp3) is 0.214. The van der Waals surface area contributed by atoms with Gasteiger partial charge in [-0.05, 0) is 25.1 Å². The fourth-order valence-electron chi connectivity index (χ4n) is 1.72. The molecule has 20 heavy (non-hydrogen) atoms. The fourth-order valence-corrected chi connectivity index (χ4v) is 1.95. The lowest BCUT2D eigenvalue weighted by Gasteiger charge is -2.07. The minimum atomic E-state index is -0.481. The lowest BCUT2D eigenvalue weighted by Crippen LogP contribution is -2.25. The van der Waals surface area contributed by atoms with Crippen LogP contribution in [0.25, 0.3) is 0 Å². The Bertz CT molecular complexity index is 613. The Morgan fingerprint density at radius 3 is 2.90 bits per heavy atom. The molecule has 0 atom stereocenters. The van der Waals surface area contributed by atoms with Crippen LogP contribution in [0.5, 0.6) is 0 Å². The molecule has 0 saturated carbocycles. The van der Waals surface area contributed by atoms with Crippen molar-refractivity contribution in [2.24, 2.45) is 0 Å². The van der Waals surface area contributed by atoms with Crippen molar-refractivity contribution in [2.75, 3.05) is 0 Å². The molecule has 0 aliphatic carbocycles. The summed E-state index contributed by atoms with van der Waals surface area (Å²) in [6, 6.07) is 6.11. The molecule has 0 radical (unpaired) electrons. The molecule has 0 spiro atoms. The number of aromatic nitrogens is 2. The maximum absolute atomic E-state index is 13.5. The highest BCUT2D eigenvalue weighted by Gasteiger charge is 2.11. The van der Waals surface area contributed by atoms with E-state index in [2.05, 4.69) is 15.3 Å². The van der Waals surface area contributed by atoms with E-state index in [9.17, 15) is 9.18 Å². The zero-order valence-corrected chi connectivity index (χ0v) is 11.6. The quantitative estimate of drug-likeness (QED) is 0.942. The second-order valence-corrected chi connectivity index (χ2v) is 4.71. The highest BCUT2D eigenvalue weighted by atomic mass is 35.5. The van der Waals surface area contributed by atoms with Gasteiger partial charge in [-0.25, -0.2) is 14.4 Å². The number of nitrogens with zero attached hydrogens (tertiary/aromatic N) is 2. The predicted molar refractivity (Wildman–Crippen MR) is 73.7 cm³/mol. The summed E-state index contributed by atoms with van der Waals surface area (Å²) in [5.41, 5.74) is 1.72. The Balaban J connectivity index is 1.96. The van der Waals surface area contributed by atoms with Crippen molar-refractivity contribution in [2.45, 2.75) is 19.9 Å². The summed E-state index contributed by atoms with van der Waals surface area (Å²) < 4.78 is 13.5. The summed E-state index contributed by atoms with van der Waals surface area (Å²) >= 11 is 5.87. The third kappa shape index (κ3) is 3.74. The summed E-state index contributed by atoms with van der Waals surface area (Å²) in [5, 5.41) is 2.92. The van der Waals surface area contributed by atoms with E-state index < -0.39 is 5.82 Å². The molecule has 1 aromatic heterocycles. The molecule has 4 nitrogen and oxygen atoms in total. The SMILES string of the molecule is Cc1cc(CNC(=O)Cc2c(F)cccc2Cl)ncn1. The predicted octanol–water partition coefficient (Wildman–Crippen LogP) is 2.44. The molecule has 2 aromatic rings. The van der Waals surface area contributed by atoms with Crippen molar-refractivity contribution in [1.29, 1.82) is 0 Å². The zero-order valence-electron chi connectivity index (χ0n) is 10.9. The first-order chi connectivity index (χ1) is 9.56. The second kappa shape index (κ2) is 6.43. The summed E-state index contributed by atoms with van der Waals surface area (Å²) in [4.78, 5) is 19.8. The number of hydrogen-bond acceptors (Lipinski definition) is 3. The molecule has 1 aromatic carbocycles. The van der Waals surface area contributed by atoms with E-state index in [1.807, 2.05) is 6.92 Å². The van der Waals surface area contributed by atoms with Crippen LogP contribution in [-0.2, 0) is 17.8 Å². The number of nitrogens with one attached hydrogen (secondary N) is 1. The van der Waals surface area contributed by atoms with Crippen molar-refractivity contribution in [3.63, 3.8) is 0 Å². The maximum atomic E-state index is 13.5. The Morgan fingerprint density at radius 1 is 1.40 bits per heavy atom. The van der Waals surface area contributed by atoms with Gasteiger partial charge in [-0.15, -0.1) is 0 Å². The van der Waals surface area contributed by atoms with E-state index in [0.717, 1.165) is 5.69 Å². The van der Waals surface area contributed by atoms with Gasteiger partial charge in [-0.2, -0.15) is 0 Å². The maximum Gasteiger partial charge on any atom is 0.224 e. The van der Waals surface area contributed by atoms with Crippen molar-refractivity contribution >= 4 is 17.5 Å². The second-order valence-electron chi connectivity index (χ2n) is 4.30. The molecule has 104 valence electrons. The van der Waals surface area contributed by atoms with E-state index in [-0.39, 0.29) is 29.5 Å². The van der Waals surface area contributed by atoms with Gasteiger partial charge in [0.25, 0.3) is 0 Å². The summed E-state index contributed by atoms with van der Waals surface area (Å²) in [6.45, 7) is 2.11. The topological polar surface area (TPSA) is 54.9 Å². The molecule has 0 saturated heterocycles. The molecule has 0 unspecified atom stereocenters. The molecule has 0 fully saturated rings. The highest BCUT2D eigenvalue weighted by Crippen LogP contribution is 2.19. The van der Waals surface area contributed by atoms with Crippen LogP contribution in [0.2, 0.25) is 5.02 Å². The number of carbonyl (C=O) groups is 1. The van der Waals surface area contributed by atoms with Crippen molar-refractivity contribution in [3.05, 3.63) is 58.4 Å². The van der Waals surface area contributed by atoms with Crippen LogP contribution in [0, 0.1) is 12.7 Å². The zero-order chi connectivity index (χ0) is 14.5. The van der Waals surface area contributed by atoms with Gasteiger partial charge in [-0.1, -0.05) is 17.7 Å². The molecule has 1 N–H and O–H groups in total. The molecular weight excluding hydrogens is 281 g/mol. The largest absolute Gasteiger partial charge is 0.350 e. The minimum Gasteiger partial charge on any atom is -0.350 e.